The molecule has 4 nitrogen and oxygen atoms in total. The van der Waals surface area contributed by atoms with Crippen LogP contribution in [0, 0.1) is 11.8 Å². The molecule has 1 aromatic heterocycles. The number of carbonyl (C=O) groups excluding carboxylic acids is 1. The number of nitrogens with two attached hydrogens (primary N) is 1. The van der Waals surface area contributed by atoms with Gasteiger partial charge in [-0.25, -0.2) is 0 Å². The Morgan fingerprint density at radius 3 is 2.57 bits per heavy atom. The van der Waals surface area contributed by atoms with Gasteiger partial charge in [-0.2, -0.15) is 0 Å². The number of ether oxygens (including phenoxy) is 1. The SMILES string of the molecule is CC.CCC(C)COc1ccc([C@H](CN)NC(=O)[C@H]2CC2c2cccs2)cc1. The van der Waals surface area contributed by atoms with Gasteiger partial charge in [-0.15, -0.1) is 11.3 Å². The number of thiophene rings is 1. The van der Waals surface area contributed by atoms with E-state index in [0.717, 1.165) is 30.8 Å². The molecule has 5 heteroatoms. The standard InChI is InChI=1S/C21H28N2O2S.C2H6/c1-3-14(2)13-25-16-8-6-15(7-9-16)19(12-22)23-21(24)18-11-17(18)20-5-4-10-26-20;1-2/h4-10,14,17-19H,3,11-13,22H2,1-2H3,(H,23,24);1-2H3/t14?,17?,18-,19-;/m0./s1. The summed E-state index contributed by atoms with van der Waals surface area (Å²) in [6.07, 6.45) is 2.04. The summed E-state index contributed by atoms with van der Waals surface area (Å²) >= 11 is 1.73. The van der Waals surface area contributed by atoms with Crippen LogP contribution in [0.5, 0.6) is 5.75 Å². The number of rotatable bonds is 9. The Balaban J connectivity index is 0.00000136. The van der Waals surface area contributed by atoms with Gasteiger partial charge in [0.25, 0.3) is 0 Å². The van der Waals surface area contributed by atoms with Gasteiger partial charge in [0.15, 0.2) is 0 Å². The van der Waals surface area contributed by atoms with Crippen molar-refractivity contribution in [2.45, 2.75) is 52.5 Å². The zero-order valence-corrected chi connectivity index (χ0v) is 18.3. The first-order chi connectivity index (χ1) is 13.6. The number of benzene rings is 1. The molecule has 0 radical (unpaired) electrons. The molecular weight excluding hydrogens is 368 g/mol. The molecule has 1 aliphatic carbocycles. The molecule has 28 heavy (non-hydrogen) atoms. The lowest BCUT2D eigenvalue weighted by Gasteiger charge is -2.18. The first-order valence-corrected chi connectivity index (χ1v) is 11.3. The average molecular weight is 403 g/mol. The highest BCUT2D eigenvalue weighted by molar-refractivity contribution is 7.10. The highest BCUT2D eigenvalue weighted by Crippen LogP contribution is 2.49. The Bertz CT molecular complexity index is 700. The Morgan fingerprint density at radius 2 is 2.00 bits per heavy atom. The van der Waals surface area contributed by atoms with Gasteiger partial charge in [-0.1, -0.05) is 52.3 Å². The summed E-state index contributed by atoms with van der Waals surface area (Å²) in [6.45, 7) is 9.44. The Kier molecular flexibility index (Phi) is 9.00. The van der Waals surface area contributed by atoms with E-state index in [-0.39, 0.29) is 17.9 Å². The molecule has 1 fully saturated rings. The Labute approximate surface area is 173 Å². The van der Waals surface area contributed by atoms with Crippen molar-refractivity contribution in [3.63, 3.8) is 0 Å². The fourth-order valence-corrected chi connectivity index (χ4v) is 3.92. The molecule has 3 N–H and O–H groups in total. The molecule has 2 unspecified atom stereocenters. The van der Waals surface area contributed by atoms with Crippen molar-refractivity contribution in [3.8, 4) is 5.75 Å². The van der Waals surface area contributed by atoms with Gasteiger partial charge in [-0.3, -0.25) is 4.79 Å². The second kappa shape index (κ2) is 11.2. The van der Waals surface area contributed by atoms with Crippen LogP contribution in [0.3, 0.4) is 0 Å². The third-order valence-electron chi connectivity index (χ3n) is 5.10. The lowest BCUT2D eigenvalue weighted by Crippen LogP contribution is -2.34. The molecule has 0 saturated heterocycles. The number of hydrogen-bond donors (Lipinski definition) is 2. The smallest absolute Gasteiger partial charge is 0.224 e. The second-order valence-corrected chi connectivity index (χ2v) is 8.13. The molecule has 0 aliphatic heterocycles. The summed E-state index contributed by atoms with van der Waals surface area (Å²) in [5.41, 5.74) is 6.93. The molecule has 0 bridgehead atoms. The number of carbonyl (C=O) groups is 1. The molecule has 3 rings (SSSR count). The molecule has 1 amide bonds. The van der Waals surface area contributed by atoms with Crippen LogP contribution in [0.25, 0.3) is 0 Å². The molecule has 0 spiro atoms. The topological polar surface area (TPSA) is 64.3 Å². The van der Waals surface area contributed by atoms with Gasteiger partial charge in [0.2, 0.25) is 5.91 Å². The van der Waals surface area contributed by atoms with E-state index in [1.165, 1.54) is 4.88 Å². The summed E-state index contributed by atoms with van der Waals surface area (Å²) < 4.78 is 5.79. The van der Waals surface area contributed by atoms with Gasteiger partial charge in [0, 0.05) is 23.3 Å². The van der Waals surface area contributed by atoms with Crippen molar-refractivity contribution in [2.75, 3.05) is 13.2 Å². The van der Waals surface area contributed by atoms with Crippen LogP contribution in [-0.2, 0) is 4.79 Å². The largest absolute Gasteiger partial charge is 0.493 e. The van der Waals surface area contributed by atoms with Gasteiger partial charge in [0.05, 0.1) is 12.6 Å². The molecule has 2 aromatic rings. The number of hydrogen-bond acceptors (Lipinski definition) is 4. The van der Waals surface area contributed by atoms with Crippen LogP contribution < -0.4 is 15.8 Å². The van der Waals surface area contributed by atoms with E-state index in [2.05, 4.69) is 30.6 Å². The monoisotopic (exact) mass is 402 g/mol. The van der Waals surface area contributed by atoms with Gasteiger partial charge in [0.1, 0.15) is 5.75 Å². The predicted octanol–water partition coefficient (Wildman–Crippen LogP) is 5.12. The summed E-state index contributed by atoms with van der Waals surface area (Å²) in [7, 11) is 0. The maximum absolute atomic E-state index is 12.5. The Morgan fingerprint density at radius 1 is 1.29 bits per heavy atom. The maximum Gasteiger partial charge on any atom is 0.224 e. The van der Waals surface area contributed by atoms with E-state index >= 15 is 0 Å². The molecule has 1 heterocycles. The van der Waals surface area contributed by atoms with Crippen molar-refractivity contribution in [3.05, 3.63) is 52.2 Å². The van der Waals surface area contributed by atoms with Crippen LogP contribution in [0.4, 0.5) is 0 Å². The quantitative estimate of drug-likeness (QED) is 0.612. The third kappa shape index (κ3) is 6.08. The normalized spacial score (nSPS) is 19.8. The van der Waals surface area contributed by atoms with Crippen LogP contribution in [-0.4, -0.2) is 19.1 Å². The van der Waals surface area contributed by atoms with Crippen molar-refractivity contribution >= 4 is 17.2 Å². The first kappa shape index (κ1) is 22.4. The van der Waals surface area contributed by atoms with E-state index < -0.39 is 0 Å². The second-order valence-electron chi connectivity index (χ2n) is 7.15. The predicted molar refractivity (Wildman–Crippen MR) is 118 cm³/mol. The van der Waals surface area contributed by atoms with Gasteiger partial charge < -0.3 is 15.8 Å². The number of nitrogens with one attached hydrogen (secondary N) is 1. The van der Waals surface area contributed by atoms with Crippen molar-refractivity contribution in [1.82, 2.24) is 5.32 Å². The van der Waals surface area contributed by atoms with Gasteiger partial charge >= 0.3 is 0 Å². The van der Waals surface area contributed by atoms with E-state index in [1.807, 2.05) is 44.2 Å². The molecular formula is C23H34N2O2S. The van der Waals surface area contributed by atoms with E-state index in [0.29, 0.717) is 18.4 Å². The first-order valence-electron chi connectivity index (χ1n) is 10.4. The number of amides is 1. The summed E-state index contributed by atoms with van der Waals surface area (Å²) in [4.78, 5) is 13.8. The lowest BCUT2D eigenvalue weighted by molar-refractivity contribution is -0.123. The molecule has 154 valence electrons. The molecule has 1 aliphatic rings. The maximum atomic E-state index is 12.5. The average Bonchev–Trinajstić information content (AvgIpc) is 3.36. The lowest BCUT2D eigenvalue weighted by atomic mass is 10.1. The minimum Gasteiger partial charge on any atom is -0.493 e. The Hall–Kier alpha value is -1.85. The highest BCUT2D eigenvalue weighted by atomic mass is 32.1. The van der Waals surface area contributed by atoms with E-state index in [4.69, 9.17) is 10.5 Å². The highest BCUT2D eigenvalue weighted by Gasteiger charge is 2.44. The van der Waals surface area contributed by atoms with Crippen LogP contribution >= 0.6 is 11.3 Å². The fraction of sp³-hybridized carbons (Fsp3) is 0.522. The van der Waals surface area contributed by atoms with Crippen LogP contribution in [0.2, 0.25) is 0 Å². The molecule has 4 atom stereocenters. The van der Waals surface area contributed by atoms with Crippen molar-refractivity contribution < 1.29 is 9.53 Å². The van der Waals surface area contributed by atoms with Crippen LogP contribution in [0.15, 0.2) is 41.8 Å². The summed E-state index contributed by atoms with van der Waals surface area (Å²) in [6, 6.07) is 11.9. The van der Waals surface area contributed by atoms with E-state index in [9.17, 15) is 4.79 Å². The summed E-state index contributed by atoms with van der Waals surface area (Å²) in [5.74, 6) is 1.97. The minimum atomic E-state index is -0.157. The molecule has 1 aromatic carbocycles. The van der Waals surface area contributed by atoms with Crippen molar-refractivity contribution in [1.29, 1.82) is 0 Å². The zero-order chi connectivity index (χ0) is 20.5. The van der Waals surface area contributed by atoms with Crippen LogP contribution in [0.1, 0.15) is 62.9 Å². The van der Waals surface area contributed by atoms with Crippen molar-refractivity contribution in [2.24, 2.45) is 17.6 Å². The fourth-order valence-electron chi connectivity index (χ4n) is 3.01. The summed E-state index contributed by atoms with van der Waals surface area (Å²) in [5, 5.41) is 5.18. The van der Waals surface area contributed by atoms with E-state index in [1.54, 1.807) is 11.3 Å². The third-order valence-corrected chi connectivity index (χ3v) is 6.11. The minimum absolute atomic E-state index is 0.0841. The zero-order valence-electron chi connectivity index (χ0n) is 17.5. The molecule has 1 saturated carbocycles. The van der Waals surface area contributed by atoms with Gasteiger partial charge in [-0.05, 0) is 41.5 Å².